The molecule has 1 amide bonds. The highest BCUT2D eigenvalue weighted by Crippen LogP contribution is 2.17. The second-order valence-electron chi connectivity index (χ2n) is 5.73. The van der Waals surface area contributed by atoms with E-state index in [0.717, 1.165) is 9.87 Å². The number of benzene rings is 1. The van der Waals surface area contributed by atoms with E-state index in [0.29, 0.717) is 6.42 Å². The van der Waals surface area contributed by atoms with Crippen LogP contribution in [0.1, 0.15) is 18.4 Å². The van der Waals surface area contributed by atoms with Gasteiger partial charge in [0.15, 0.2) is 5.78 Å². The van der Waals surface area contributed by atoms with E-state index in [9.17, 15) is 18.0 Å². The molecule has 1 rings (SSSR count). The number of ketones is 1. The van der Waals surface area contributed by atoms with Crippen LogP contribution in [0.2, 0.25) is 0 Å². The lowest BCUT2D eigenvalue weighted by Gasteiger charge is -2.21. The summed E-state index contributed by atoms with van der Waals surface area (Å²) in [5.41, 5.74) is 0.944. The Kier molecular flexibility index (Phi) is 7.31. The van der Waals surface area contributed by atoms with E-state index in [4.69, 9.17) is 0 Å². The van der Waals surface area contributed by atoms with Crippen molar-refractivity contribution in [3.05, 3.63) is 42.5 Å². The molecule has 0 saturated heterocycles. The summed E-state index contributed by atoms with van der Waals surface area (Å²) in [6.45, 7) is 5.26. The second-order valence-corrected chi connectivity index (χ2v) is 7.67. The quantitative estimate of drug-likeness (QED) is 0.500. The van der Waals surface area contributed by atoms with E-state index in [1.807, 2.05) is 6.92 Å². The second kappa shape index (κ2) is 8.75. The highest BCUT2D eigenvalue weighted by atomic mass is 32.2. The van der Waals surface area contributed by atoms with Crippen LogP contribution < -0.4 is 0 Å². The Bertz CT molecular complexity index is 694. The number of rotatable bonds is 9. The fourth-order valence-electron chi connectivity index (χ4n) is 1.96. The van der Waals surface area contributed by atoms with Crippen LogP contribution in [0.15, 0.2) is 41.8 Å². The van der Waals surface area contributed by atoms with Gasteiger partial charge < -0.3 is 4.90 Å². The SMILES string of the molecule is C=CCCN(CC(=O)CC(=O)N(C)C)S(=O)(=O)c1ccc(C)cc1. The molecule has 0 bridgehead atoms. The minimum Gasteiger partial charge on any atom is -0.348 e. The number of nitrogens with zero attached hydrogens (tertiary/aromatic N) is 2. The molecule has 0 fully saturated rings. The summed E-state index contributed by atoms with van der Waals surface area (Å²) in [6.07, 6.45) is 1.69. The summed E-state index contributed by atoms with van der Waals surface area (Å²) in [7, 11) is -0.702. The van der Waals surface area contributed by atoms with Crippen molar-refractivity contribution in [2.75, 3.05) is 27.2 Å². The maximum atomic E-state index is 12.7. The van der Waals surface area contributed by atoms with Crippen molar-refractivity contribution in [3.8, 4) is 0 Å². The van der Waals surface area contributed by atoms with Crippen LogP contribution in [0, 0.1) is 6.92 Å². The summed E-state index contributed by atoms with van der Waals surface area (Å²) < 4.78 is 26.6. The van der Waals surface area contributed by atoms with Gasteiger partial charge in [-0.25, -0.2) is 8.42 Å². The molecule has 132 valence electrons. The van der Waals surface area contributed by atoms with Crippen LogP contribution >= 0.6 is 0 Å². The van der Waals surface area contributed by atoms with Crippen molar-refractivity contribution < 1.29 is 18.0 Å². The monoisotopic (exact) mass is 352 g/mol. The maximum absolute atomic E-state index is 12.7. The highest BCUT2D eigenvalue weighted by molar-refractivity contribution is 7.89. The normalized spacial score (nSPS) is 11.3. The zero-order chi connectivity index (χ0) is 18.3. The van der Waals surface area contributed by atoms with Gasteiger partial charge in [-0.3, -0.25) is 9.59 Å². The molecule has 0 aromatic heterocycles. The molecule has 0 spiro atoms. The lowest BCUT2D eigenvalue weighted by Crippen LogP contribution is -2.38. The van der Waals surface area contributed by atoms with Crippen LogP contribution in [-0.4, -0.2) is 56.5 Å². The average Bonchev–Trinajstić information content (AvgIpc) is 2.51. The van der Waals surface area contributed by atoms with E-state index in [1.54, 1.807) is 32.3 Å². The van der Waals surface area contributed by atoms with Crippen LogP contribution in [-0.2, 0) is 19.6 Å². The molecule has 0 unspecified atom stereocenters. The first-order valence-electron chi connectivity index (χ1n) is 7.58. The molecule has 0 aliphatic heterocycles. The van der Waals surface area contributed by atoms with Crippen molar-refractivity contribution in [1.82, 2.24) is 9.21 Å². The molecule has 1 aromatic rings. The Morgan fingerprint density at radius 3 is 2.25 bits per heavy atom. The van der Waals surface area contributed by atoms with Gasteiger partial charge in [0.25, 0.3) is 0 Å². The topological polar surface area (TPSA) is 74.8 Å². The zero-order valence-electron chi connectivity index (χ0n) is 14.4. The van der Waals surface area contributed by atoms with E-state index in [-0.39, 0.29) is 30.3 Å². The smallest absolute Gasteiger partial charge is 0.243 e. The van der Waals surface area contributed by atoms with Gasteiger partial charge in [0.1, 0.15) is 0 Å². The highest BCUT2D eigenvalue weighted by Gasteiger charge is 2.26. The zero-order valence-corrected chi connectivity index (χ0v) is 15.2. The molecule has 0 aliphatic carbocycles. The fraction of sp³-hybridized carbons (Fsp3) is 0.412. The van der Waals surface area contributed by atoms with Crippen molar-refractivity contribution in [2.24, 2.45) is 0 Å². The third kappa shape index (κ3) is 5.58. The van der Waals surface area contributed by atoms with Crippen LogP contribution in [0.5, 0.6) is 0 Å². The minimum atomic E-state index is -3.80. The van der Waals surface area contributed by atoms with E-state index < -0.39 is 15.8 Å². The lowest BCUT2D eigenvalue weighted by molar-refractivity contribution is -0.133. The molecule has 0 atom stereocenters. The van der Waals surface area contributed by atoms with Crippen molar-refractivity contribution in [3.63, 3.8) is 0 Å². The summed E-state index contributed by atoms with van der Waals surface area (Å²) >= 11 is 0. The number of Topliss-reactive ketones (excluding diaryl/α,β-unsaturated/α-hetero) is 1. The van der Waals surface area contributed by atoms with Crippen molar-refractivity contribution in [1.29, 1.82) is 0 Å². The summed E-state index contributed by atoms with van der Waals surface area (Å²) in [5.74, 6) is -0.787. The fourth-order valence-corrected chi connectivity index (χ4v) is 3.40. The standard InChI is InChI=1S/C17H24N2O4S/c1-5-6-11-19(13-15(20)12-17(21)18(3)4)24(22,23)16-9-7-14(2)8-10-16/h5,7-10H,1,6,11-13H2,2-4H3. The van der Waals surface area contributed by atoms with Gasteiger partial charge in [0.05, 0.1) is 17.9 Å². The third-order valence-electron chi connectivity index (χ3n) is 3.44. The van der Waals surface area contributed by atoms with Crippen LogP contribution in [0.4, 0.5) is 0 Å². The van der Waals surface area contributed by atoms with Gasteiger partial charge in [0, 0.05) is 20.6 Å². The number of amides is 1. The molecule has 0 saturated carbocycles. The Hall–Kier alpha value is -1.99. The molecule has 24 heavy (non-hydrogen) atoms. The van der Waals surface area contributed by atoms with Crippen LogP contribution in [0.3, 0.4) is 0 Å². The van der Waals surface area contributed by atoms with Crippen molar-refractivity contribution >= 4 is 21.7 Å². The predicted octanol–water partition coefficient (Wildman–Crippen LogP) is 1.61. The molecule has 0 N–H and O–H groups in total. The Morgan fingerprint density at radius 2 is 1.75 bits per heavy atom. The number of hydrogen-bond acceptors (Lipinski definition) is 4. The Labute approximate surface area is 143 Å². The van der Waals surface area contributed by atoms with Gasteiger partial charge in [-0.2, -0.15) is 4.31 Å². The predicted molar refractivity (Wildman–Crippen MR) is 93.1 cm³/mol. The first-order chi connectivity index (χ1) is 11.2. The molecule has 0 radical (unpaired) electrons. The van der Waals surface area contributed by atoms with Gasteiger partial charge in [-0.15, -0.1) is 6.58 Å². The van der Waals surface area contributed by atoms with Crippen molar-refractivity contribution in [2.45, 2.75) is 24.7 Å². The van der Waals surface area contributed by atoms with Gasteiger partial charge in [-0.05, 0) is 25.5 Å². The molecule has 7 heteroatoms. The number of sulfonamides is 1. The first kappa shape index (κ1) is 20.1. The molecule has 6 nitrogen and oxygen atoms in total. The van der Waals surface area contributed by atoms with Gasteiger partial charge in [0.2, 0.25) is 15.9 Å². The number of aryl methyl sites for hydroxylation is 1. The van der Waals surface area contributed by atoms with Crippen LogP contribution in [0.25, 0.3) is 0 Å². The Balaban J connectivity index is 2.98. The minimum absolute atomic E-state index is 0.129. The van der Waals surface area contributed by atoms with E-state index in [2.05, 4.69) is 6.58 Å². The summed E-state index contributed by atoms with van der Waals surface area (Å²) in [5, 5.41) is 0. The summed E-state index contributed by atoms with van der Waals surface area (Å²) in [6, 6.07) is 6.44. The number of carbonyl (C=O) groups excluding carboxylic acids is 2. The lowest BCUT2D eigenvalue weighted by atomic mass is 10.2. The molecule has 1 aromatic carbocycles. The van der Waals surface area contributed by atoms with Gasteiger partial charge >= 0.3 is 0 Å². The first-order valence-corrected chi connectivity index (χ1v) is 9.02. The van der Waals surface area contributed by atoms with E-state index >= 15 is 0 Å². The molecule has 0 heterocycles. The largest absolute Gasteiger partial charge is 0.348 e. The summed E-state index contributed by atoms with van der Waals surface area (Å²) in [4.78, 5) is 25.1. The molecular weight excluding hydrogens is 328 g/mol. The number of hydrogen-bond donors (Lipinski definition) is 0. The average molecular weight is 352 g/mol. The van der Waals surface area contributed by atoms with Gasteiger partial charge in [-0.1, -0.05) is 23.8 Å². The number of carbonyl (C=O) groups is 2. The molecule has 0 aliphatic rings. The molecular formula is C17H24N2O4S. The maximum Gasteiger partial charge on any atom is 0.243 e. The Morgan fingerprint density at radius 1 is 1.17 bits per heavy atom. The third-order valence-corrected chi connectivity index (χ3v) is 5.30. The van der Waals surface area contributed by atoms with E-state index in [1.165, 1.54) is 17.0 Å².